The summed E-state index contributed by atoms with van der Waals surface area (Å²) in [4.78, 5) is 34.6. The van der Waals surface area contributed by atoms with Gasteiger partial charge in [0.1, 0.15) is 17.9 Å². The van der Waals surface area contributed by atoms with Crippen LogP contribution in [0.15, 0.2) is 39.8 Å². The lowest BCUT2D eigenvalue weighted by Crippen LogP contribution is -2.43. The second-order valence-electron chi connectivity index (χ2n) is 8.17. The summed E-state index contributed by atoms with van der Waals surface area (Å²) in [5.41, 5.74) is 1.04. The summed E-state index contributed by atoms with van der Waals surface area (Å²) in [6.45, 7) is 0.627. The van der Waals surface area contributed by atoms with E-state index in [1.807, 2.05) is 0 Å². The minimum absolute atomic E-state index is 0.00723. The van der Waals surface area contributed by atoms with Gasteiger partial charge in [-0.25, -0.2) is 22.9 Å². The molecule has 0 aliphatic carbocycles. The van der Waals surface area contributed by atoms with Gasteiger partial charge in [0.2, 0.25) is 0 Å². The molecule has 1 fully saturated rings. The Labute approximate surface area is 207 Å². The molecule has 2 atom stereocenters. The van der Waals surface area contributed by atoms with E-state index >= 15 is 0 Å². The highest BCUT2D eigenvalue weighted by Gasteiger charge is 2.49. The van der Waals surface area contributed by atoms with Crippen LogP contribution in [-0.2, 0) is 14.3 Å². The Morgan fingerprint density at radius 3 is 2.74 bits per heavy atom. The van der Waals surface area contributed by atoms with Crippen LogP contribution in [0.4, 0.5) is 13.2 Å². The van der Waals surface area contributed by atoms with Gasteiger partial charge >= 0.3 is 11.9 Å². The molecule has 2 aromatic rings. The third kappa shape index (κ3) is 5.19. The molecule has 0 spiro atoms. The molecule has 1 aromatic carbocycles. The van der Waals surface area contributed by atoms with Crippen molar-refractivity contribution in [1.82, 2.24) is 15.2 Å². The second kappa shape index (κ2) is 9.59. The predicted molar refractivity (Wildman–Crippen MR) is 122 cm³/mol. The number of aliphatic carboxylic acids is 1. The summed E-state index contributed by atoms with van der Waals surface area (Å²) in [5, 5.41) is 14.7. The topological polar surface area (TPSA) is 104 Å². The Morgan fingerprint density at radius 2 is 2.14 bits per heavy atom. The Hall–Kier alpha value is -2.96. The number of ether oxygens (including phenoxy) is 1. The third-order valence-corrected chi connectivity index (χ3v) is 6.92. The maximum absolute atomic E-state index is 14.1. The van der Waals surface area contributed by atoms with Crippen LogP contribution >= 0.6 is 22.9 Å². The lowest BCUT2D eigenvalue weighted by molar-refractivity contribution is -0.142. The molecular formula is C22H20ClF3N4O4S. The number of nitrogens with one attached hydrogen (secondary N) is 1. The molecule has 2 aliphatic rings. The van der Waals surface area contributed by atoms with Crippen LogP contribution in [0.2, 0.25) is 5.02 Å². The highest BCUT2D eigenvalue weighted by molar-refractivity contribution is 7.11. The van der Waals surface area contributed by atoms with E-state index in [1.165, 1.54) is 17.4 Å². The van der Waals surface area contributed by atoms with Crippen molar-refractivity contribution in [3.05, 3.63) is 62.0 Å². The summed E-state index contributed by atoms with van der Waals surface area (Å²) in [5.74, 6) is -5.81. The van der Waals surface area contributed by atoms with Crippen LogP contribution in [0.25, 0.3) is 0 Å². The number of hydrogen-bond donors (Lipinski definition) is 2. The summed E-state index contributed by atoms with van der Waals surface area (Å²) in [6.07, 6.45) is -0.858. The van der Waals surface area contributed by atoms with E-state index < -0.39 is 48.7 Å². The standard InChI is InChI=1S/C22H20ClF3N4O4S/c1-10-8-35-19(27-10)18-28-14(7-30-9-22(25,26)6-15(30)20(31)32)16(21(33)34-2)17(29-18)12-4-3-11(24)5-13(12)23/h3-5,8,15,17H,6-7,9H2,1-2H3,(H,28,29)(H,31,32)/t15?,17-/m0/s1. The zero-order chi connectivity index (χ0) is 25.5. The number of likely N-dealkylation sites (tertiary alicyclic amines) is 1. The number of carbonyl (C=O) groups is 2. The van der Waals surface area contributed by atoms with E-state index in [2.05, 4.69) is 15.3 Å². The van der Waals surface area contributed by atoms with E-state index in [1.54, 1.807) is 12.3 Å². The molecule has 0 amide bonds. The second-order valence-corrected chi connectivity index (χ2v) is 9.43. The smallest absolute Gasteiger partial charge is 0.338 e. The zero-order valence-electron chi connectivity index (χ0n) is 18.5. The zero-order valence-corrected chi connectivity index (χ0v) is 20.1. The van der Waals surface area contributed by atoms with E-state index in [-0.39, 0.29) is 34.2 Å². The summed E-state index contributed by atoms with van der Waals surface area (Å²) in [7, 11) is 1.14. The number of nitrogens with zero attached hydrogens (tertiary/aromatic N) is 3. The van der Waals surface area contributed by atoms with Crippen molar-refractivity contribution in [3.8, 4) is 0 Å². The first-order chi connectivity index (χ1) is 16.5. The van der Waals surface area contributed by atoms with Crippen molar-refractivity contribution >= 4 is 40.7 Å². The van der Waals surface area contributed by atoms with Crippen molar-refractivity contribution in [2.75, 3.05) is 20.2 Å². The number of aryl methyl sites for hydroxylation is 1. The number of halogens is 4. The number of thiazole rings is 1. The number of aliphatic imine (C=N–C) groups is 1. The largest absolute Gasteiger partial charge is 0.480 e. The Morgan fingerprint density at radius 1 is 1.40 bits per heavy atom. The van der Waals surface area contributed by atoms with Gasteiger partial charge in [-0.1, -0.05) is 17.7 Å². The molecule has 1 aromatic heterocycles. The number of carboxylic acids is 1. The van der Waals surface area contributed by atoms with Crippen LogP contribution in [-0.4, -0.2) is 64.9 Å². The molecule has 4 rings (SSSR count). The van der Waals surface area contributed by atoms with Crippen molar-refractivity contribution in [2.45, 2.75) is 31.4 Å². The summed E-state index contributed by atoms with van der Waals surface area (Å²) < 4.78 is 47.0. The van der Waals surface area contributed by atoms with E-state index in [4.69, 9.17) is 16.3 Å². The van der Waals surface area contributed by atoms with Gasteiger partial charge in [0, 0.05) is 40.3 Å². The number of carbonyl (C=O) groups excluding carboxylic acids is 1. The number of alkyl halides is 2. The van der Waals surface area contributed by atoms with Gasteiger partial charge in [-0.2, -0.15) is 0 Å². The fraction of sp³-hybridized carbons (Fsp3) is 0.364. The molecular weight excluding hydrogens is 509 g/mol. The van der Waals surface area contributed by atoms with Crippen LogP contribution in [0, 0.1) is 12.7 Å². The van der Waals surface area contributed by atoms with Crippen molar-refractivity contribution in [1.29, 1.82) is 0 Å². The number of carboxylic acid groups (broad SMARTS) is 1. The normalized spacial score (nSPS) is 22.1. The monoisotopic (exact) mass is 528 g/mol. The average molecular weight is 529 g/mol. The molecule has 3 heterocycles. The molecule has 8 nitrogen and oxygen atoms in total. The van der Waals surface area contributed by atoms with Crippen molar-refractivity contribution < 1.29 is 32.6 Å². The predicted octanol–water partition coefficient (Wildman–Crippen LogP) is 3.56. The fourth-order valence-electron chi connectivity index (χ4n) is 4.09. The summed E-state index contributed by atoms with van der Waals surface area (Å²) in [6, 6.07) is 1.04. The maximum Gasteiger partial charge on any atom is 0.338 e. The molecule has 0 bridgehead atoms. The minimum Gasteiger partial charge on any atom is -0.480 e. The minimum atomic E-state index is -3.22. The highest BCUT2D eigenvalue weighted by atomic mass is 35.5. The SMILES string of the molecule is COC(=O)C1=C(CN2CC(F)(F)CC2C(=O)O)NC(c2nc(C)cs2)=N[C@H]1c1ccc(F)cc1Cl. The highest BCUT2D eigenvalue weighted by Crippen LogP contribution is 2.38. The number of methoxy groups -OCH3 is 1. The molecule has 1 unspecified atom stereocenters. The summed E-state index contributed by atoms with van der Waals surface area (Å²) >= 11 is 7.55. The van der Waals surface area contributed by atoms with Crippen LogP contribution in [0.5, 0.6) is 0 Å². The van der Waals surface area contributed by atoms with Crippen LogP contribution < -0.4 is 5.32 Å². The van der Waals surface area contributed by atoms with Gasteiger partial charge in [0.25, 0.3) is 5.92 Å². The van der Waals surface area contributed by atoms with Crippen LogP contribution in [0.3, 0.4) is 0 Å². The Balaban J connectivity index is 1.85. The average Bonchev–Trinajstić information content (AvgIpc) is 3.35. The molecule has 13 heteroatoms. The number of esters is 1. The molecule has 2 aliphatic heterocycles. The fourth-order valence-corrected chi connectivity index (χ4v) is 5.10. The van der Waals surface area contributed by atoms with Crippen LogP contribution in [0.1, 0.15) is 28.7 Å². The first kappa shape index (κ1) is 25.1. The first-order valence-electron chi connectivity index (χ1n) is 10.4. The van der Waals surface area contributed by atoms with Crippen molar-refractivity contribution in [2.24, 2.45) is 4.99 Å². The quantitative estimate of drug-likeness (QED) is 0.552. The molecule has 0 radical (unpaired) electrons. The number of benzene rings is 1. The van der Waals surface area contributed by atoms with Gasteiger partial charge in [-0.3, -0.25) is 14.7 Å². The van der Waals surface area contributed by atoms with Gasteiger partial charge in [0.05, 0.1) is 19.2 Å². The van der Waals surface area contributed by atoms with E-state index in [9.17, 15) is 27.9 Å². The first-order valence-corrected chi connectivity index (χ1v) is 11.6. The number of rotatable bonds is 6. The molecule has 1 saturated heterocycles. The Bertz CT molecular complexity index is 1250. The maximum atomic E-state index is 14.1. The van der Waals surface area contributed by atoms with Gasteiger partial charge in [-0.05, 0) is 19.1 Å². The molecule has 35 heavy (non-hydrogen) atoms. The number of amidine groups is 1. The molecule has 186 valence electrons. The number of hydrogen-bond acceptors (Lipinski definition) is 8. The van der Waals surface area contributed by atoms with E-state index in [0.29, 0.717) is 10.7 Å². The lowest BCUT2D eigenvalue weighted by atomic mass is 9.95. The van der Waals surface area contributed by atoms with Gasteiger partial charge in [0.15, 0.2) is 10.8 Å². The third-order valence-electron chi connectivity index (χ3n) is 5.62. The Kier molecular flexibility index (Phi) is 6.89. The number of aromatic nitrogens is 1. The van der Waals surface area contributed by atoms with Gasteiger partial charge in [-0.15, -0.1) is 11.3 Å². The van der Waals surface area contributed by atoms with Gasteiger partial charge < -0.3 is 15.2 Å². The lowest BCUT2D eigenvalue weighted by Gasteiger charge is -2.30. The molecule has 2 N–H and O–H groups in total. The van der Waals surface area contributed by atoms with Crippen molar-refractivity contribution in [3.63, 3.8) is 0 Å². The molecule has 0 saturated carbocycles. The van der Waals surface area contributed by atoms with E-state index in [0.717, 1.165) is 24.1 Å².